The Bertz CT molecular complexity index is 1110. The Morgan fingerprint density at radius 2 is 2.00 bits per heavy atom. The lowest BCUT2D eigenvalue weighted by Gasteiger charge is -2.46. The minimum Gasteiger partial charge on any atom is -0.465 e. The van der Waals surface area contributed by atoms with Gasteiger partial charge in [-0.2, -0.15) is 9.67 Å². The average Bonchev–Trinajstić information content (AvgIpc) is 3.26. The quantitative estimate of drug-likeness (QED) is 0.607. The molecule has 174 valence electrons. The van der Waals surface area contributed by atoms with Crippen LogP contribution in [0, 0.1) is 5.41 Å². The van der Waals surface area contributed by atoms with Crippen LogP contribution in [0.5, 0.6) is 0 Å². The zero-order valence-electron chi connectivity index (χ0n) is 19.4. The predicted molar refractivity (Wildman–Crippen MR) is 126 cm³/mol. The number of anilines is 3. The van der Waals surface area contributed by atoms with Crippen LogP contribution < -0.4 is 10.2 Å². The lowest BCUT2D eigenvalue weighted by atomic mass is 9.84. The summed E-state index contributed by atoms with van der Waals surface area (Å²) in [7, 11) is 0. The van der Waals surface area contributed by atoms with Crippen molar-refractivity contribution >= 4 is 23.4 Å². The number of amides is 1. The van der Waals surface area contributed by atoms with Crippen LogP contribution in [0.4, 0.5) is 22.1 Å². The molecule has 1 atom stereocenters. The van der Waals surface area contributed by atoms with Crippen LogP contribution in [-0.2, 0) is 6.42 Å². The Labute approximate surface area is 193 Å². The molecule has 0 aliphatic carbocycles. The van der Waals surface area contributed by atoms with Crippen molar-refractivity contribution in [2.75, 3.05) is 29.9 Å². The number of rotatable bonds is 5. The number of carboxylic acid groups (broad SMARTS) is 1. The van der Waals surface area contributed by atoms with Gasteiger partial charge in [-0.25, -0.2) is 9.78 Å². The summed E-state index contributed by atoms with van der Waals surface area (Å²) < 4.78 is 1.57. The lowest BCUT2D eigenvalue weighted by molar-refractivity contribution is 0.0748. The molecule has 2 N–H and O–H groups in total. The van der Waals surface area contributed by atoms with Gasteiger partial charge in [0.2, 0.25) is 5.95 Å². The van der Waals surface area contributed by atoms with Crippen LogP contribution in [0.1, 0.15) is 33.3 Å². The molecule has 3 heterocycles. The molecule has 1 amide bonds. The minimum atomic E-state index is -0.857. The molecule has 1 fully saturated rings. The largest absolute Gasteiger partial charge is 0.465 e. The summed E-state index contributed by atoms with van der Waals surface area (Å²) >= 11 is 0. The molecule has 0 bridgehead atoms. The van der Waals surface area contributed by atoms with E-state index in [1.165, 1.54) is 5.56 Å². The van der Waals surface area contributed by atoms with Gasteiger partial charge in [-0.1, -0.05) is 27.7 Å². The number of nitrogens with one attached hydrogen (secondary N) is 1. The van der Waals surface area contributed by atoms with E-state index in [-0.39, 0.29) is 11.5 Å². The van der Waals surface area contributed by atoms with Gasteiger partial charge in [0.05, 0.1) is 12.2 Å². The molecule has 4 rings (SSSR count). The molecule has 0 saturated carbocycles. The van der Waals surface area contributed by atoms with Crippen molar-refractivity contribution in [2.45, 2.75) is 40.2 Å². The number of carbonyl (C=O) groups is 1. The third kappa shape index (κ3) is 5.05. The number of hydrogen-bond acceptors (Lipinski definition) is 7. The van der Waals surface area contributed by atoms with Crippen molar-refractivity contribution in [3.63, 3.8) is 0 Å². The molecular formula is C23H30N8O2. The molecule has 0 spiro atoms. The van der Waals surface area contributed by atoms with Crippen molar-refractivity contribution in [3.05, 3.63) is 48.7 Å². The summed E-state index contributed by atoms with van der Waals surface area (Å²) in [4.78, 5) is 28.3. The summed E-state index contributed by atoms with van der Waals surface area (Å²) in [5.74, 6) is 1.05. The smallest absolute Gasteiger partial charge is 0.407 e. The predicted octanol–water partition coefficient (Wildman–Crippen LogP) is 3.58. The Hall–Kier alpha value is -3.69. The molecule has 1 aliphatic heterocycles. The van der Waals surface area contributed by atoms with E-state index < -0.39 is 6.09 Å². The number of aromatic nitrogens is 5. The highest BCUT2D eigenvalue weighted by Crippen LogP contribution is 2.32. The molecular weight excluding hydrogens is 420 g/mol. The number of hydrogen-bond donors (Lipinski definition) is 2. The minimum absolute atomic E-state index is 0.102. The second-order valence-electron chi connectivity index (χ2n) is 9.25. The molecule has 1 aromatic carbocycles. The number of nitrogens with zero attached hydrogens (tertiary/aromatic N) is 7. The number of benzene rings is 1. The Morgan fingerprint density at radius 1 is 1.18 bits per heavy atom. The first-order chi connectivity index (χ1) is 15.7. The van der Waals surface area contributed by atoms with Gasteiger partial charge in [-0.3, -0.25) is 4.98 Å². The zero-order chi connectivity index (χ0) is 23.6. The highest BCUT2D eigenvalue weighted by atomic mass is 16.4. The molecule has 0 radical (unpaired) electrons. The van der Waals surface area contributed by atoms with E-state index in [2.05, 4.69) is 76.2 Å². The SMILES string of the molecule is CCc1cc(Nc2ncn(-c3cnccn3)n2)cc(N2CCN(C(=O)O)C(C(C)(C)C)C2)c1. The molecule has 3 aromatic rings. The fourth-order valence-corrected chi connectivity index (χ4v) is 4.09. The van der Waals surface area contributed by atoms with Crippen LogP contribution >= 0.6 is 0 Å². The van der Waals surface area contributed by atoms with Crippen LogP contribution in [0.15, 0.2) is 43.1 Å². The van der Waals surface area contributed by atoms with Crippen molar-refractivity contribution in [2.24, 2.45) is 5.41 Å². The summed E-state index contributed by atoms with van der Waals surface area (Å²) in [6, 6.07) is 6.22. The highest BCUT2D eigenvalue weighted by Gasteiger charge is 2.38. The van der Waals surface area contributed by atoms with Crippen LogP contribution in [0.25, 0.3) is 5.82 Å². The molecule has 1 saturated heterocycles. The zero-order valence-corrected chi connectivity index (χ0v) is 19.4. The van der Waals surface area contributed by atoms with Crippen LogP contribution in [0.2, 0.25) is 0 Å². The van der Waals surface area contributed by atoms with Gasteiger partial charge >= 0.3 is 6.09 Å². The second kappa shape index (κ2) is 9.05. The second-order valence-corrected chi connectivity index (χ2v) is 9.25. The van der Waals surface area contributed by atoms with E-state index in [1.54, 1.807) is 34.5 Å². The highest BCUT2D eigenvalue weighted by molar-refractivity contribution is 5.68. The summed E-state index contributed by atoms with van der Waals surface area (Å²) in [6.45, 7) is 10.1. The van der Waals surface area contributed by atoms with E-state index in [4.69, 9.17) is 0 Å². The fourth-order valence-electron chi connectivity index (χ4n) is 4.09. The Balaban J connectivity index is 1.57. The standard InChI is InChI=1S/C23H30N8O2/c1-5-16-10-17(27-21-26-15-31(28-21)20-13-24-6-7-25-20)12-18(11-16)29-8-9-30(22(32)33)19(14-29)23(2,3)4/h6-7,10-13,15,19H,5,8-9,14H2,1-4H3,(H,27,28)(H,32,33). The van der Waals surface area contributed by atoms with Crippen LogP contribution in [0.3, 0.4) is 0 Å². The molecule has 1 aliphatic rings. The number of piperazine rings is 1. The first-order valence-corrected chi connectivity index (χ1v) is 11.1. The van der Waals surface area contributed by atoms with Gasteiger partial charge in [0, 0.05) is 43.4 Å². The van der Waals surface area contributed by atoms with E-state index in [1.807, 2.05) is 0 Å². The monoisotopic (exact) mass is 450 g/mol. The van der Waals surface area contributed by atoms with Gasteiger partial charge in [0.25, 0.3) is 0 Å². The van der Waals surface area contributed by atoms with Crippen molar-refractivity contribution in [1.29, 1.82) is 0 Å². The first kappa shape index (κ1) is 22.5. The van der Waals surface area contributed by atoms with Gasteiger partial charge in [-0.05, 0) is 35.6 Å². The normalized spacial score (nSPS) is 16.7. The van der Waals surface area contributed by atoms with Gasteiger partial charge in [-0.15, -0.1) is 5.10 Å². The van der Waals surface area contributed by atoms with Crippen molar-refractivity contribution in [1.82, 2.24) is 29.6 Å². The molecule has 1 unspecified atom stereocenters. The summed E-state index contributed by atoms with van der Waals surface area (Å²) in [6.07, 6.45) is 6.45. The molecule has 10 heteroatoms. The molecule has 10 nitrogen and oxygen atoms in total. The van der Waals surface area contributed by atoms with E-state index >= 15 is 0 Å². The Kier molecular flexibility index (Phi) is 6.17. The lowest BCUT2D eigenvalue weighted by Crippen LogP contribution is -2.59. The van der Waals surface area contributed by atoms with Gasteiger partial charge in [0.1, 0.15) is 6.33 Å². The van der Waals surface area contributed by atoms with E-state index in [0.717, 1.165) is 17.8 Å². The van der Waals surface area contributed by atoms with E-state index in [9.17, 15) is 9.90 Å². The summed E-state index contributed by atoms with van der Waals surface area (Å²) in [5, 5.41) is 17.4. The first-order valence-electron chi connectivity index (χ1n) is 11.1. The summed E-state index contributed by atoms with van der Waals surface area (Å²) in [5.41, 5.74) is 2.95. The molecule has 2 aromatic heterocycles. The maximum absolute atomic E-state index is 11.8. The average molecular weight is 451 g/mol. The van der Waals surface area contributed by atoms with E-state index in [0.29, 0.717) is 31.4 Å². The van der Waals surface area contributed by atoms with Crippen molar-refractivity contribution < 1.29 is 9.90 Å². The third-order valence-electron chi connectivity index (χ3n) is 5.91. The van der Waals surface area contributed by atoms with Gasteiger partial charge in [0.15, 0.2) is 5.82 Å². The van der Waals surface area contributed by atoms with Gasteiger partial charge < -0.3 is 20.2 Å². The Morgan fingerprint density at radius 3 is 2.67 bits per heavy atom. The fraction of sp³-hybridized carbons (Fsp3) is 0.435. The number of aryl methyl sites for hydroxylation is 1. The molecule has 33 heavy (non-hydrogen) atoms. The van der Waals surface area contributed by atoms with Crippen molar-refractivity contribution in [3.8, 4) is 5.82 Å². The third-order valence-corrected chi connectivity index (χ3v) is 5.91. The topological polar surface area (TPSA) is 112 Å². The maximum atomic E-state index is 11.8. The van der Waals surface area contributed by atoms with Crippen LogP contribution in [-0.4, -0.2) is 66.5 Å². The maximum Gasteiger partial charge on any atom is 0.407 e.